The molecular formula is C20H33IN4O2. The molecular weight excluding hydrogens is 455 g/mol. The molecule has 27 heavy (non-hydrogen) atoms. The lowest BCUT2D eigenvalue weighted by Gasteiger charge is -2.33. The third-order valence-electron chi connectivity index (χ3n) is 5.02. The molecule has 2 fully saturated rings. The zero-order valence-electron chi connectivity index (χ0n) is 16.4. The summed E-state index contributed by atoms with van der Waals surface area (Å²) in [5.74, 6) is 1.56. The van der Waals surface area contributed by atoms with Crippen LogP contribution in [0.4, 0.5) is 0 Å². The fourth-order valence-corrected chi connectivity index (χ4v) is 3.46. The fraction of sp³-hybridized carbons (Fsp3) is 0.650. The number of hydrogen-bond donors (Lipinski definition) is 3. The molecule has 1 saturated heterocycles. The number of phenols is 1. The number of guanidine groups is 1. The van der Waals surface area contributed by atoms with E-state index in [-0.39, 0.29) is 29.7 Å². The number of aliphatic imine (C=N–C) groups is 1. The van der Waals surface area contributed by atoms with Gasteiger partial charge < -0.3 is 25.4 Å². The molecule has 2 aliphatic rings. The van der Waals surface area contributed by atoms with E-state index >= 15 is 0 Å². The minimum absolute atomic E-state index is 0. The second-order valence-corrected chi connectivity index (χ2v) is 7.12. The first-order valence-electron chi connectivity index (χ1n) is 9.93. The van der Waals surface area contributed by atoms with Gasteiger partial charge in [-0.2, -0.15) is 0 Å². The normalized spacial score (nSPS) is 18.7. The molecule has 0 radical (unpaired) electrons. The molecule has 1 saturated carbocycles. The topological polar surface area (TPSA) is 69.1 Å². The summed E-state index contributed by atoms with van der Waals surface area (Å²) in [6.07, 6.45) is 5.13. The Morgan fingerprint density at radius 1 is 1.22 bits per heavy atom. The fourth-order valence-electron chi connectivity index (χ4n) is 3.46. The average molecular weight is 488 g/mol. The lowest BCUT2D eigenvalue weighted by molar-refractivity contribution is 0.197. The van der Waals surface area contributed by atoms with Crippen LogP contribution in [0.1, 0.15) is 45.1 Å². The molecule has 1 aromatic carbocycles. The van der Waals surface area contributed by atoms with E-state index in [9.17, 15) is 5.11 Å². The van der Waals surface area contributed by atoms with Crippen LogP contribution in [0.25, 0.3) is 0 Å². The van der Waals surface area contributed by atoms with Gasteiger partial charge in [0.2, 0.25) is 0 Å². The summed E-state index contributed by atoms with van der Waals surface area (Å²) in [7, 11) is 0. The Morgan fingerprint density at radius 2 is 1.96 bits per heavy atom. The standard InChI is InChI=1S/C20H32N4O2.HI/c1-3-21-20(23-16-9-11-24(12-10-16)17-6-7-17)22-14-15-5-8-18(25)19(13-15)26-4-2;/h5,8,13,16-17,25H,3-4,6-7,9-12,14H2,1-2H3,(H2,21,22,23);1H. The number of nitrogens with zero attached hydrogens (tertiary/aromatic N) is 2. The number of nitrogens with one attached hydrogen (secondary N) is 2. The van der Waals surface area contributed by atoms with Crippen LogP contribution in [0.5, 0.6) is 11.5 Å². The molecule has 6 nitrogen and oxygen atoms in total. The van der Waals surface area contributed by atoms with Crippen LogP contribution in [-0.2, 0) is 6.54 Å². The van der Waals surface area contributed by atoms with Gasteiger partial charge >= 0.3 is 0 Å². The van der Waals surface area contributed by atoms with Crippen LogP contribution in [0, 0.1) is 0 Å². The van der Waals surface area contributed by atoms with Gasteiger partial charge in [0.05, 0.1) is 13.2 Å². The largest absolute Gasteiger partial charge is 0.504 e. The molecule has 1 aromatic rings. The first-order chi connectivity index (χ1) is 12.7. The molecule has 3 rings (SSSR count). The van der Waals surface area contributed by atoms with E-state index in [1.54, 1.807) is 6.07 Å². The van der Waals surface area contributed by atoms with Gasteiger partial charge in [-0.15, -0.1) is 24.0 Å². The molecule has 1 heterocycles. The first kappa shape index (κ1) is 22.1. The summed E-state index contributed by atoms with van der Waals surface area (Å²) in [6.45, 7) is 8.30. The van der Waals surface area contributed by atoms with Crippen molar-refractivity contribution in [1.29, 1.82) is 0 Å². The highest BCUT2D eigenvalue weighted by Crippen LogP contribution is 2.29. The maximum Gasteiger partial charge on any atom is 0.191 e. The third kappa shape index (κ3) is 6.71. The first-order valence-corrected chi connectivity index (χ1v) is 9.93. The number of piperidine rings is 1. The summed E-state index contributed by atoms with van der Waals surface area (Å²) in [5.41, 5.74) is 1.02. The van der Waals surface area contributed by atoms with Crippen molar-refractivity contribution in [3.8, 4) is 11.5 Å². The van der Waals surface area contributed by atoms with E-state index in [2.05, 4.69) is 22.5 Å². The number of likely N-dealkylation sites (tertiary alicyclic amines) is 1. The van der Waals surface area contributed by atoms with Crippen LogP contribution in [0.15, 0.2) is 23.2 Å². The lowest BCUT2D eigenvalue weighted by atomic mass is 10.1. The molecule has 152 valence electrons. The van der Waals surface area contributed by atoms with Crippen molar-refractivity contribution in [2.45, 2.75) is 58.2 Å². The number of ether oxygens (including phenoxy) is 1. The summed E-state index contributed by atoms with van der Waals surface area (Å²) >= 11 is 0. The van der Waals surface area contributed by atoms with Gasteiger partial charge in [-0.3, -0.25) is 0 Å². The van der Waals surface area contributed by atoms with Crippen LogP contribution in [0.3, 0.4) is 0 Å². The monoisotopic (exact) mass is 488 g/mol. The predicted octanol–water partition coefficient (Wildman–Crippen LogP) is 3.09. The molecule has 0 amide bonds. The Labute approximate surface area is 179 Å². The highest BCUT2D eigenvalue weighted by Gasteiger charge is 2.31. The summed E-state index contributed by atoms with van der Waals surface area (Å²) in [5, 5.41) is 16.8. The van der Waals surface area contributed by atoms with Gasteiger partial charge in [-0.25, -0.2) is 4.99 Å². The zero-order valence-corrected chi connectivity index (χ0v) is 18.7. The molecule has 1 aliphatic carbocycles. The maximum absolute atomic E-state index is 9.82. The molecule has 0 bridgehead atoms. The van der Waals surface area contributed by atoms with E-state index in [1.807, 2.05) is 19.1 Å². The number of benzene rings is 1. The second kappa shape index (κ2) is 10.9. The van der Waals surface area contributed by atoms with Crippen molar-refractivity contribution in [2.75, 3.05) is 26.2 Å². The van der Waals surface area contributed by atoms with Crippen molar-refractivity contribution in [3.63, 3.8) is 0 Å². The van der Waals surface area contributed by atoms with Crippen LogP contribution >= 0.6 is 24.0 Å². The summed E-state index contributed by atoms with van der Waals surface area (Å²) < 4.78 is 5.45. The van der Waals surface area contributed by atoms with E-state index < -0.39 is 0 Å². The van der Waals surface area contributed by atoms with Crippen LogP contribution in [0.2, 0.25) is 0 Å². The highest BCUT2D eigenvalue weighted by molar-refractivity contribution is 14.0. The minimum Gasteiger partial charge on any atom is -0.504 e. The third-order valence-corrected chi connectivity index (χ3v) is 5.02. The maximum atomic E-state index is 9.82. The van der Waals surface area contributed by atoms with Gasteiger partial charge in [0.25, 0.3) is 0 Å². The molecule has 7 heteroatoms. The molecule has 0 unspecified atom stereocenters. The van der Waals surface area contributed by atoms with Crippen molar-refractivity contribution in [2.24, 2.45) is 4.99 Å². The molecule has 0 atom stereocenters. The molecule has 0 aromatic heterocycles. The Balaban J connectivity index is 0.00000261. The van der Waals surface area contributed by atoms with Crippen molar-refractivity contribution in [1.82, 2.24) is 15.5 Å². The summed E-state index contributed by atoms with van der Waals surface area (Å²) in [4.78, 5) is 7.35. The van der Waals surface area contributed by atoms with Gasteiger partial charge in [-0.1, -0.05) is 6.07 Å². The number of aromatic hydroxyl groups is 1. The van der Waals surface area contributed by atoms with E-state index in [4.69, 9.17) is 9.73 Å². The number of halogens is 1. The highest BCUT2D eigenvalue weighted by atomic mass is 127. The number of hydrogen-bond acceptors (Lipinski definition) is 4. The van der Waals surface area contributed by atoms with Crippen LogP contribution < -0.4 is 15.4 Å². The SMILES string of the molecule is CCNC(=NCc1ccc(O)c(OCC)c1)NC1CCN(C2CC2)CC1.I. The van der Waals surface area contributed by atoms with Gasteiger partial charge in [0, 0.05) is 31.7 Å². The molecule has 3 N–H and O–H groups in total. The van der Waals surface area contributed by atoms with Crippen molar-refractivity contribution < 1.29 is 9.84 Å². The molecule has 1 aliphatic heterocycles. The van der Waals surface area contributed by atoms with Gasteiger partial charge in [-0.05, 0) is 57.2 Å². The van der Waals surface area contributed by atoms with E-state index in [0.29, 0.717) is 24.9 Å². The van der Waals surface area contributed by atoms with Crippen molar-refractivity contribution >= 4 is 29.9 Å². The summed E-state index contributed by atoms with van der Waals surface area (Å²) in [6, 6.07) is 6.77. The molecule has 0 spiro atoms. The predicted molar refractivity (Wildman–Crippen MR) is 120 cm³/mol. The lowest BCUT2D eigenvalue weighted by Crippen LogP contribution is -2.49. The Kier molecular flexibility index (Phi) is 8.95. The Morgan fingerprint density at radius 3 is 2.59 bits per heavy atom. The number of rotatable bonds is 7. The second-order valence-electron chi connectivity index (χ2n) is 7.12. The Bertz CT molecular complexity index is 614. The van der Waals surface area contributed by atoms with Crippen molar-refractivity contribution in [3.05, 3.63) is 23.8 Å². The van der Waals surface area contributed by atoms with E-state index in [1.165, 1.54) is 38.8 Å². The van der Waals surface area contributed by atoms with E-state index in [0.717, 1.165) is 24.1 Å². The van der Waals surface area contributed by atoms with Gasteiger partial charge in [0.1, 0.15) is 0 Å². The Hall–Kier alpha value is -1.22. The zero-order chi connectivity index (χ0) is 18.4. The smallest absolute Gasteiger partial charge is 0.191 e. The minimum atomic E-state index is 0. The van der Waals surface area contributed by atoms with Crippen LogP contribution in [-0.4, -0.2) is 54.3 Å². The quantitative estimate of drug-likeness (QED) is 0.313. The van der Waals surface area contributed by atoms with Gasteiger partial charge in [0.15, 0.2) is 17.5 Å². The number of phenolic OH excluding ortho intramolecular Hbond substituents is 1. The average Bonchev–Trinajstić information content (AvgIpc) is 3.48.